The number of halogens is 4. The fourth-order valence-corrected chi connectivity index (χ4v) is 3.43. The maximum atomic E-state index is 6.28. The molecule has 0 amide bonds. The molecule has 20 heavy (non-hydrogen) atoms. The molecule has 0 aromatic heterocycles. The van der Waals surface area contributed by atoms with Crippen LogP contribution in [-0.2, 0) is 0 Å². The van der Waals surface area contributed by atoms with Crippen LogP contribution in [0.3, 0.4) is 0 Å². The van der Waals surface area contributed by atoms with E-state index in [1.165, 1.54) is 0 Å². The van der Waals surface area contributed by atoms with Gasteiger partial charge in [0.25, 0.3) is 0 Å². The lowest BCUT2D eigenvalue weighted by Crippen LogP contribution is -2.10. The van der Waals surface area contributed by atoms with Crippen LogP contribution in [0.2, 0.25) is 15.1 Å². The molecule has 1 N–H and O–H groups in total. The maximum absolute atomic E-state index is 6.28. The van der Waals surface area contributed by atoms with Gasteiger partial charge in [-0.05, 0) is 64.9 Å². The van der Waals surface area contributed by atoms with Crippen LogP contribution in [0.4, 0.5) is 5.69 Å². The summed E-state index contributed by atoms with van der Waals surface area (Å²) in [5.41, 5.74) is 1.93. The molecule has 5 heteroatoms. The van der Waals surface area contributed by atoms with E-state index in [4.69, 9.17) is 34.8 Å². The molecule has 1 nitrogen and oxygen atoms in total. The Hall–Kier alpha value is -0.160. The van der Waals surface area contributed by atoms with E-state index in [0.29, 0.717) is 15.1 Å². The molecular formula is C15H13Cl3IN. The lowest BCUT2D eigenvalue weighted by atomic mass is 10.0. The van der Waals surface area contributed by atoms with E-state index in [0.717, 1.165) is 21.2 Å². The van der Waals surface area contributed by atoms with E-state index >= 15 is 0 Å². The first-order chi connectivity index (χ1) is 9.51. The third-order valence-electron chi connectivity index (χ3n) is 3.01. The Bertz CT molecular complexity index is 616. The van der Waals surface area contributed by atoms with Gasteiger partial charge in [0, 0.05) is 13.6 Å². The fraction of sp³-hybridized carbons (Fsp3) is 0.200. The Balaban J connectivity index is 2.28. The predicted molar refractivity (Wildman–Crippen MR) is 97.3 cm³/mol. The summed E-state index contributed by atoms with van der Waals surface area (Å²) in [4.78, 5) is 0. The Morgan fingerprint density at radius 3 is 2.40 bits per heavy atom. The van der Waals surface area contributed by atoms with E-state index in [1.54, 1.807) is 6.07 Å². The van der Waals surface area contributed by atoms with Crippen molar-refractivity contribution in [1.29, 1.82) is 0 Å². The van der Waals surface area contributed by atoms with E-state index in [1.807, 2.05) is 30.3 Å². The quantitative estimate of drug-likeness (QED) is 0.515. The SMILES string of the molecule is CCC(Nc1ccc(I)cc1Cl)c1ccc(Cl)cc1Cl. The van der Waals surface area contributed by atoms with Crippen LogP contribution in [-0.4, -0.2) is 0 Å². The van der Waals surface area contributed by atoms with Gasteiger partial charge in [0.05, 0.1) is 16.8 Å². The number of rotatable bonds is 4. The Labute approximate surface area is 147 Å². The van der Waals surface area contributed by atoms with Gasteiger partial charge in [-0.3, -0.25) is 0 Å². The van der Waals surface area contributed by atoms with Gasteiger partial charge in [-0.15, -0.1) is 0 Å². The van der Waals surface area contributed by atoms with Crippen LogP contribution in [0.15, 0.2) is 36.4 Å². The van der Waals surface area contributed by atoms with E-state index < -0.39 is 0 Å². The van der Waals surface area contributed by atoms with E-state index in [-0.39, 0.29) is 6.04 Å². The first-order valence-electron chi connectivity index (χ1n) is 6.17. The maximum Gasteiger partial charge on any atom is 0.0648 e. The molecule has 0 aliphatic rings. The smallest absolute Gasteiger partial charge is 0.0648 e. The highest BCUT2D eigenvalue weighted by molar-refractivity contribution is 14.1. The topological polar surface area (TPSA) is 12.0 Å². The van der Waals surface area contributed by atoms with Crippen molar-refractivity contribution in [3.05, 3.63) is 60.6 Å². The zero-order valence-corrected chi connectivity index (χ0v) is 15.2. The molecular weight excluding hydrogens is 427 g/mol. The van der Waals surface area contributed by atoms with Crippen LogP contribution < -0.4 is 5.32 Å². The van der Waals surface area contributed by atoms with Gasteiger partial charge in [-0.25, -0.2) is 0 Å². The average molecular weight is 441 g/mol. The van der Waals surface area contributed by atoms with Crippen molar-refractivity contribution in [3.8, 4) is 0 Å². The number of nitrogens with one attached hydrogen (secondary N) is 1. The Kier molecular flexibility index (Phi) is 5.84. The van der Waals surface area contributed by atoms with Crippen molar-refractivity contribution in [2.75, 3.05) is 5.32 Å². The van der Waals surface area contributed by atoms with Gasteiger partial charge in [-0.2, -0.15) is 0 Å². The summed E-state index contributed by atoms with van der Waals surface area (Å²) >= 11 is 20.7. The van der Waals surface area contributed by atoms with Crippen LogP contribution >= 0.6 is 57.4 Å². The molecule has 2 aromatic rings. The minimum absolute atomic E-state index is 0.0947. The highest BCUT2D eigenvalue weighted by atomic mass is 127. The van der Waals surface area contributed by atoms with Crippen molar-refractivity contribution in [3.63, 3.8) is 0 Å². The molecule has 0 aliphatic heterocycles. The molecule has 2 rings (SSSR count). The summed E-state index contributed by atoms with van der Waals surface area (Å²) in [7, 11) is 0. The van der Waals surface area contributed by atoms with Crippen molar-refractivity contribution in [1.82, 2.24) is 0 Å². The highest BCUT2D eigenvalue weighted by Gasteiger charge is 2.14. The van der Waals surface area contributed by atoms with Crippen LogP contribution in [0.1, 0.15) is 24.9 Å². The molecule has 1 unspecified atom stereocenters. The second-order valence-electron chi connectivity index (χ2n) is 4.40. The monoisotopic (exact) mass is 439 g/mol. The molecule has 0 fully saturated rings. The van der Waals surface area contributed by atoms with Crippen LogP contribution in [0, 0.1) is 3.57 Å². The lowest BCUT2D eigenvalue weighted by molar-refractivity contribution is 0.750. The summed E-state index contributed by atoms with van der Waals surface area (Å²) in [6.07, 6.45) is 0.893. The predicted octanol–water partition coefficient (Wildman–Crippen LogP) is 6.81. The van der Waals surface area contributed by atoms with Gasteiger partial charge < -0.3 is 5.32 Å². The molecule has 0 saturated heterocycles. The lowest BCUT2D eigenvalue weighted by Gasteiger charge is -2.21. The van der Waals surface area contributed by atoms with Gasteiger partial charge in [0.2, 0.25) is 0 Å². The summed E-state index contributed by atoms with van der Waals surface area (Å²) in [6.45, 7) is 2.10. The van der Waals surface area contributed by atoms with Crippen molar-refractivity contribution >= 4 is 63.1 Å². The normalized spacial score (nSPS) is 12.2. The first-order valence-corrected chi connectivity index (χ1v) is 8.39. The molecule has 0 radical (unpaired) electrons. The minimum Gasteiger partial charge on any atom is -0.377 e. The van der Waals surface area contributed by atoms with Gasteiger partial charge in [0.15, 0.2) is 0 Å². The minimum atomic E-state index is 0.0947. The van der Waals surface area contributed by atoms with Gasteiger partial charge >= 0.3 is 0 Å². The number of hydrogen-bond donors (Lipinski definition) is 1. The summed E-state index contributed by atoms with van der Waals surface area (Å²) in [6, 6.07) is 11.6. The summed E-state index contributed by atoms with van der Waals surface area (Å²) in [5.74, 6) is 0. The Morgan fingerprint density at radius 2 is 1.80 bits per heavy atom. The average Bonchev–Trinajstić information content (AvgIpc) is 2.39. The molecule has 0 aliphatic carbocycles. The van der Waals surface area contributed by atoms with Gasteiger partial charge in [-0.1, -0.05) is 47.8 Å². The van der Waals surface area contributed by atoms with E-state index in [9.17, 15) is 0 Å². The molecule has 106 valence electrons. The van der Waals surface area contributed by atoms with Crippen molar-refractivity contribution < 1.29 is 0 Å². The number of benzene rings is 2. The molecule has 0 heterocycles. The van der Waals surface area contributed by atoms with Crippen molar-refractivity contribution in [2.24, 2.45) is 0 Å². The molecule has 0 bridgehead atoms. The largest absolute Gasteiger partial charge is 0.377 e. The second kappa shape index (κ2) is 7.21. The molecule has 2 aromatic carbocycles. The third-order valence-corrected chi connectivity index (χ3v) is 4.55. The summed E-state index contributed by atoms with van der Waals surface area (Å²) < 4.78 is 1.11. The standard InChI is InChI=1S/C15H13Cl3IN/c1-2-14(11-5-3-9(16)7-12(11)17)20-15-6-4-10(19)8-13(15)18/h3-8,14,20H,2H2,1H3. The fourth-order valence-electron chi connectivity index (χ4n) is 1.98. The van der Waals surface area contributed by atoms with Crippen LogP contribution in [0.25, 0.3) is 0 Å². The first kappa shape index (κ1) is 16.2. The number of anilines is 1. The van der Waals surface area contributed by atoms with Crippen molar-refractivity contribution in [2.45, 2.75) is 19.4 Å². The zero-order valence-electron chi connectivity index (χ0n) is 10.8. The zero-order chi connectivity index (χ0) is 14.7. The van der Waals surface area contributed by atoms with Crippen LogP contribution in [0.5, 0.6) is 0 Å². The molecule has 0 saturated carbocycles. The van der Waals surface area contributed by atoms with Gasteiger partial charge in [0.1, 0.15) is 0 Å². The summed E-state index contributed by atoms with van der Waals surface area (Å²) in [5, 5.41) is 5.45. The highest BCUT2D eigenvalue weighted by Crippen LogP contribution is 2.33. The third kappa shape index (κ3) is 3.94. The second-order valence-corrected chi connectivity index (χ2v) is 6.89. The molecule has 0 spiro atoms. The number of hydrogen-bond acceptors (Lipinski definition) is 1. The Morgan fingerprint density at radius 1 is 1.05 bits per heavy atom. The molecule has 1 atom stereocenters. The van der Waals surface area contributed by atoms with E-state index in [2.05, 4.69) is 34.8 Å².